The fraction of sp³-hybridized carbons (Fsp3) is 1.00. The van der Waals surface area contributed by atoms with Gasteiger partial charge in [-0.3, -0.25) is 0 Å². The van der Waals surface area contributed by atoms with E-state index in [1.807, 2.05) is 0 Å². The summed E-state index contributed by atoms with van der Waals surface area (Å²) in [7, 11) is 0. The number of alkyl halides is 6. The second kappa shape index (κ2) is 9.81. The molecule has 1 aliphatic carbocycles. The topological polar surface area (TPSA) is 0 Å². The summed E-state index contributed by atoms with van der Waals surface area (Å²) in [4.78, 5) is 2.70. The zero-order chi connectivity index (χ0) is 13.7. The van der Waals surface area contributed by atoms with Crippen LogP contribution in [0.5, 0.6) is 0 Å². The van der Waals surface area contributed by atoms with E-state index in [1.165, 1.54) is 38.5 Å². The van der Waals surface area contributed by atoms with E-state index in [0.29, 0.717) is 29.0 Å². The van der Waals surface area contributed by atoms with E-state index in [1.54, 1.807) is 0 Å². The molecule has 1 saturated carbocycles. The van der Waals surface area contributed by atoms with Gasteiger partial charge in [0.05, 0.1) is 0 Å². The molecule has 0 amide bonds. The first-order chi connectivity index (χ1) is 8.45. The average molecular weight is 642 g/mol. The molecular formula is C12H18Br6. The predicted octanol–water partition coefficient (Wildman–Crippen LogP) is 6.92. The Kier molecular flexibility index (Phi) is 10.3. The molecule has 0 aliphatic heterocycles. The maximum atomic E-state index is 3.84. The van der Waals surface area contributed by atoms with E-state index < -0.39 is 0 Å². The first-order valence-corrected chi connectivity index (χ1v) is 11.8. The molecule has 0 radical (unpaired) electrons. The highest BCUT2D eigenvalue weighted by Crippen LogP contribution is 2.37. The highest BCUT2D eigenvalue weighted by Gasteiger charge is 2.35. The van der Waals surface area contributed by atoms with Crippen molar-refractivity contribution in [2.75, 3.05) is 0 Å². The van der Waals surface area contributed by atoms with E-state index in [-0.39, 0.29) is 0 Å². The smallest absolute Gasteiger partial charge is 0.0418 e. The van der Waals surface area contributed by atoms with Crippen LogP contribution >= 0.6 is 95.6 Å². The fourth-order valence-electron chi connectivity index (χ4n) is 2.10. The summed E-state index contributed by atoms with van der Waals surface area (Å²) in [6, 6.07) is 0. The molecule has 0 unspecified atom stereocenters. The van der Waals surface area contributed by atoms with E-state index in [4.69, 9.17) is 0 Å². The largest absolute Gasteiger partial charge is 0.0878 e. The van der Waals surface area contributed by atoms with Gasteiger partial charge in [0.2, 0.25) is 0 Å². The summed E-state index contributed by atoms with van der Waals surface area (Å²) in [5.41, 5.74) is 0. The summed E-state index contributed by atoms with van der Waals surface area (Å²) in [6.45, 7) is 0. The number of hydrogen-bond acceptors (Lipinski definition) is 0. The molecule has 0 saturated heterocycles. The van der Waals surface area contributed by atoms with Crippen molar-refractivity contribution in [2.24, 2.45) is 0 Å². The Morgan fingerprint density at radius 1 is 0.444 bits per heavy atom. The quantitative estimate of drug-likeness (QED) is 0.252. The Hall–Kier alpha value is 2.88. The van der Waals surface area contributed by atoms with E-state index in [2.05, 4.69) is 95.6 Å². The Balaban J connectivity index is 2.71. The molecule has 6 heteroatoms. The standard InChI is InChI=1S/C12H18Br6/c13-7-5-3-1-2-4-6-8(14)10(16)12(18)11(17)9(7)15/h7-12H,1-6H2/t7-,8-,9-,10+,11-,12-/m0/s1. The second-order valence-corrected chi connectivity index (χ2v) is 11.4. The van der Waals surface area contributed by atoms with E-state index >= 15 is 0 Å². The van der Waals surface area contributed by atoms with Crippen LogP contribution in [0.1, 0.15) is 38.5 Å². The summed E-state index contributed by atoms with van der Waals surface area (Å²) in [5, 5.41) is 0. The Labute approximate surface area is 161 Å². The summed E-state index contributed by atoms with van der Waals surface area (Å²) in [5.74, 6) is 0. The lowest BCUT2D eigenvalue weighted by molar-refractivity contribution is 0.549. The molecule has 1 aliphatic rings. The van der Waals surface area contributed by atoms with Crippen LogP contribution in [0.15, 0.2) is 0 Å². The average Bonchev–Trinajstić information content (AvgIpc) is 2.37. The van der Waals surface area contributed by atoms with Crippen LogP contribution in [-0.2, 0) is 0 Å². The van der Waals surface area contributed by atoms with E-state index in [9.17, 15) is 0 Å². The van der Waals surface area contributed by atoms with Crippen LogP contribution in [0.3, 0.4) is 0 Å². The summed E-state index contributed by atoms with van der Waals surface area (Å²) >= 11 is 23.0. The van der Waals surface area contributed by atoms with Gasteiger partial charge in [0.1, 0.15) is 0 Å². The molecule has 108 valence electrons. The van der Waals surface area contributed by atoms with Gasteiger partial charge in [-0.1, -0.05) is 121 Å². The number of hydrogen-bond donors (Lipinski definition) is 0. The molecule has 0 spiro atoms. The molecule has 18 heavy (non-hydrogen) atoms. The van der Waals surface area contributed by atoms with Crippen LogP contribution in [0.2, 0.25) is 0 Å². The van der Waals surface area contributed by atoms with Gasteiger partial charge in [-0.2, -0.15) is 0 Å². The second-order valence-electron chi connectivity index (χ2n) is 4.80. The Morgan fingerprint density at radius 3 is 1.11 bits per heavy atom. The molecule has 0 aromatic carbocycles. The third-order valence-electron chi connectivity index (χ3n) is 3.31. The van der Waals surface area contributed by atoms with Gasteiger partial charge in [-0.05, 0) is 12.8 Å². The van der Waals surface area contributed by atoms with Crippen LogP contribution < -0.4 is 0 Å². The molecule has 0 nitrogen and oxygen atoms in total. The van der Waals surface area contributed by atoms with Crippen LogP contribution in [0.25, 0.3) is 0 Å². The number of halogens is 6. The van der Waals surface area contributed by atoms with Crippen molar-refractivity contribution < 1.29 is 0 Å². The van der Waals surface area contributed by atoms with Gasteiger partial charge in [0, 0.05) is 29.0 Å². The lowest BCUT2D eigenvalue weighted by atomic mass is 10.0. The SMILES string of the molecule is Br[C@@H]1[C@@H](Br)[C@H](Br)[C@@H](Br)CCCCCC[C@H](Br)[C@@H]1Br. The van der Waals surface area contributed by atoms with Crippen LogP contribution in [0, 0.1) is 0 Å². The fourth-order valence-corrected chi connectivity index (χ4v) is 7.63. The van der Waals surface area contributed by atoms with Crippen molar-refractivity contribution in [2.45, 2.75) is 67.5 Å². The molecule has 0 heterocycles. The molecule has 6 atom stereocenters. The minimum absolute atomic E-state index is 0.394. The molecule has 1 fully saturated rings. The van der Waals surface area contributed by atoms with Crippen molar-refractivity contribution in [3.05, 3.63) is 0 Å². The van der Waals surface area contributed by atoms with Gasteiger partial charge in [-0.15, -0.1) is 0 Å². The molecule has 0 aromatic rings. The Morgan fingerprint density at radius 2 is 0.778 bits per heavy atom. The summed E-state index contributed by atoms with van der Waals surface area (Å²) in [6.07, 6.45) is 7.80. The van der Waals surface area contributed by atoms with Gasteiger partial charge in [0.25, 0.3) is 0 Å². The van der Waals surface area contributed by atoms with Crippen molar-refractivity contribution in [1.29, 1.82) is 0 Å². The monoisotopic (exact) mass is 636 g/mol. The highest BCUT2D eigenvalue weighted by atomic mass is 79.9. The van der Waals surface area contributed by atoms with Gasteiger partial charge < -0.3 is 0 Å². The lowest BCUT2D eigenvalue weighted by Crippen LogP contribution is -2.39. The molecular weight excluding hydrogens is 624 g/mol. The number of rotatable bonds is 0. The summed E-state index contributed by atoms with van der Waals surface area (Å²) < 4.78 is 0. The van der Waals surface area contributed by atoms with Crippen molar-refractivity contribution in [3.63, 3.8) is 0 Å². The van der Waals surface area contributed by atoms with Gasteiger partial charge in [0.15, 0.2) is 0 Å². The molecule has 0 N–H and O–H groups in total. The molecule has 1 rings (SSSR count). The normalized spacial score (nSPS) is 45.0. The van der Waals surface area contributed by atoms with Gasteiger partial charge in [-0.25, -0.2) is 0 Å². The van der Waals surface area contributed by atoms with Gasteiger partial charge >= 0.3 is 0 Å². The first kappa shape index (κ1) is 18.9. The maximum absolute atomic E-state index is 3.84. The lowest BCUT2D eigenvalue weighted by Gasteiger charge is -2.31. The van der Waals surface area contributed by atoms with E-state index in [0.717, 1.165) is 0 Å². The van der Waals surface area contributed by atoms with Crippen molar-refractivity contribution >= 4 is 95.6 Å². The van der Waals surface area contributed by atoms with Crippen molar-refractivity contribution in [1.82, 2.24) is 0 Å². The minimum atomic E-state index is 0.394. The minimum Gasteiger partial charge on any atom is -0.0878 e. The first-order valence-electron chi connectivity index (χ1n) is 6.29. The highest BCUT2D eigenvalue weighted by molar-refractivity contribution is 9.15. The van der Waals surface area contributed by atoms with Crippen LogP contribution in [0.4, 0.5) is 0 Å². The van der Waals surface area contributed by atoms with Crippen LogP contribution in [-0.4, -0.2) is 29.0 Å². The predicted molar refractivity (Wildman–Crippen MR) is 104 cm³/mol. The molecule has 0 bridgehead atoms. The van der Waals surface area contributed by atoms with Crippen molar-refractivity contribution in [3.8, 4) is 0 Å². The molecule has 0 aromatic heterocycles. The third kappa shape index (κ3) is 5.94. The zero-order valence-corrected chi connectivity index (χ0v) is 19.5. The maximum Gasteiger partial charge on any atom is 0.0418 e. The zero-order valence-electron chi connectivity index (χ0n) is 9.97. The Bertz CT molecular complexity index is 213. The third-order valence-corrected chi connectivity index (χ3v) is 13.6.